The Kier molecular flexibility index (Phi) is 5.65. The number of nitrogens with two attached hydrogens (primary N) is 2. The first kappa shape index (κ1) is 15.0. The molecule has 5 N–H and O–H groups in total. The van der Waals surface area contributed by atoms with Gasteiger partial charge in [0.1, 0.15) is 5.54 Å². The zero-order valence-corrected chi connectivity index (χ0v) is 11.3. The van der Waals surface area contributed by atoms with Crippen molar-refractivity contribution in [2.45, 2.75) is 24.1 Å². The molecule has 100 valence electrons. The molecule has 2 atom stereocenters. The average molecular weight is 268 g/mol. The molecule has 0 bridgehead atoms. The van der Waals surface area contributed by atoms with Crippen LogP contribution in [0.15, 0.2) is 30.3 Å². The monoisotopic (exact) mass is 268 g/mol. The highest BCUT2D eigenvalue weighted by molar-refractivity contribution is 7.99. The molecule has 2 unspecified atom stereocenters. The van der Waals surface area contributed by atoms with Gasteiger partial charge in [0.15, 0.2) is 0 Å². The largest absolute Gasteiger partial charge is 0.396 e. The van der Waals surface area contributed by atoms with Crippen molar-refractivity contribution in [2.24, 2.45) is 11.5 Å². The highest BCUT2D eigenvalue weighted by Crippen LogP contribution is 2.26. The van der Waals surface area contributed by atoms with E-state index in [1.54, 1.807) is 11.8 Å². The molecule has 0 fully saturated rings. The highest BCUT2D eigenvalue weighted by atomic mass is 32.2. The minimum Gasteiger partial charge on any atom is -0.396 e. The van der Waals surface area contributed by atoms with Gasteiger partial charge in [-0.2, -0.15) is 11.8 Å². The van der Waals surface area contributed by atoms with Gasteiger partial charge >= 0.3 is 0 Å². The van der Waals surface area contributed by atoms with Crippen LogP contribution in [-0.4, -0.2) is 28.6 Å². The summed E-state index contributed by atoms with van der Waals surface area (Å²) < 4.78 is 0. The summed E-state index contributed by atoms with van der Waals surface area (Å²) in [4.78, 5) is 11.6. The molecule has 0 spiro atoms. The zero-order chi connectivity index (χ0) is 13.6. The number of carbonyl (C=O) groups is 1. The quantitative estimate of drug-likeness (QED) is 0.683. The molecule has 0 aliphatic carbocycles. The summed E-state index contributed by atoms with van der Waals surface area (Å²) in [5.74, 6) is -0.120. The lowest BCUT2D eigenvalue weighted by Crippen LogP contribution is -2.51. The number of amides is 1. The Morgan fingerprint density at radius 2 is 2.06 bits per heavy atom. The molecule has 0 heterocycles. The smallest absolute Gasteiger partial charge is 0.242 e. The Labute approximate surface area is 112 Å². The topological polar surface area (TPSA) is 89.3 Å². The van der Waals surface area contributed by atoms with Crippen LogP contribution < -0.4 is 11.5 Å². The van der Waals surface area contributed by atoms with Gasteiger partial charge in [0, 0.05) is 17.6 Å². The number of aliphatic hydroxyl groups excluding tert-OH is 1. The van der Waals surface area contributed by atoms with Gasteiger partial charge in [-0.1, -0.05) is 37.3 Å². The lowest BCUT2D eigenvalue weighted by atomic mass is 9.92. The summed E-state index contributed by atoms with van der Waals surface area (Å²) in [7, 11) is 0. The number of carbonyl (C=O) groups excluding carboxylic acids is 1. The highest BCUT2D eigenvalue weighted by Gasteiger charge is 2.34. The lowest BCUT2D eigenvalue weighted by Gasteiger charge is -2.27. The SMILES string of the molecule is CC(CCO)SCC(N)(C(N)=O)c1ccccc1. The van der Waals surface area contributed by atoms with Gasteiger partial charge in [-0.15, -0.1) is 0 Å². The predicted molar refractivity (Wildman–Crippen MR) is 75.1 cm³/mol. The van der Waals surface area contributed by atoms with E-state index in [1.807, 2.05) is 37.3 Å². The van der Waals surface area contributed by atoms with Crippen LogP contribution in [0, 0.1) is 0 Å². The second kappa shape index (κ2) is 6.78. The molecular formula is C13H20N2O2S. The van der Waals surface area contributed by atoms with E-state index in [0.29, 0.717) is 12.2 Å². The number of aliphatic hydroxyl groups is 1. The fourth-order valence-corrected chi connectivity index (χ4v) is 2.70. The molecular weight excluding hydrogens is 248 g/mol. The third-order valence-electron chi connectivity index (χ3n) is 2.86. The van der Waals surface area contributed by atoms with Crippen LogP contribution in [0.3, 0.4) is 0 Å². The zero-order valence-electron chi connectivity index (χ0n) is 10.5. The van der Waals surface area contributed by atoms with E-state index in [2.05, 4.69) is 0 Å². The normalized spacial score (nSPS) is 15.9. The lowest BCUT2D eigenvalue weighted by molar-refractivity contribution is -0.122. The van der Waals surface area contributed by atoms with Crippen LogP contribution >= 0.6 is 11.8 Å². The first-order valence-electron chi connectivity index (χ1n) is 5.87. The van der Waals surface area contributed by atoms with Crippen LogP contribution in [-0.2, 0) is 10.3 Å². The van der Waals surface area contributed by atoms with Gasteiger partial charge in [0.05, 0.1) is 0 Å². The van der Waals surface area contributed by atoms with Crippen molar-refractivity contribution in [3.63, 3.8) is 0 Å². The summed E-state index contributed by atoms with van der Waals surface area (Å²) >= 11 is 1.55. The van der Waals surface area contributed by atoms with Gasteiger partial charge < -0.3 is 16.6 Å². The molecule has 1 rings (SSSR count). The minimum absolute atomic E-state index is 0.133. The van der Waals surface area contributed by atoms with Crippen molar-refractivity contribution in [3.05, 3.63) is 35.9 Å². The minimum atomic E-state index is -1.16. The number of hydrogen-bond acceptors (Lipinski definition) is 4. The van der Waals surface area contributed by atoms with Gasteiger partial charge in [-0.05, 0) is 12.0 Å². The number of primary amides is 1. The molecule has 1 aromatic rings. The van der Waals surface area contributed by atoms with Crippen LogP contribution in [0.25, 0.3) is 0 Å². The third kappa shape index (κ3) is 3.73. The third-order valence-corrected chi connectivity index (χ3v) is 4.29. The fraction of sp³-hybridized carbons (Fsp3) is 0.462. The Hall–Kier alpha value is -1.04. The summed E-state index contributed by atoms with van der Waals surface area (Å²) in [5.41, 5.74) is 11.2. The van der Waals surface area contributed by atoms with Crippen molar-refractivity contribution >= 4 is 17.7 Å². The van der Waals surface area contributed by atoms with Gasteiger partial charge in [-0.3, -0.25) is 4.79 Å². The molecule has 1 amide bonds. The Morgan fingerprint density at radius 1 is 1.44 bits per heavy atom. The van der Waals surface area contributed by atoms with Crippen molar-refractivity contribution in [1.82, 2.24) is 0 Å². The van der Waals surface area contributed by atoms with Crippen LogP contribution in [0.2, 0.25) is 0 Å². The van der Waals surface area contributed by atoms with E-state index in [4.69, 9.17) is 16.6 Å². The van der Waals surface area contributed by atoms with Crippen molar-refractivity contribution in [1.29, 1.82) is 0 Å². The molecule has 0 aliphatic heterocycles. The van der Waals surface area contributed by atoms with Gasteiger partial charge in [0.25, 0.3) is 0 Å². The molecule has 0 saturated heterocycles. The molecule has 1 aromatic carbocycles. The Bertz CT molecular complexity index is 386. The maximum Gasteiger partial charge on any atom is 0.242 e. The second-order valence-electron chi connectivity index (χ2n) is 4.34. The van der Waals surface area contributed by atoms with E-state index in [0.717, 1.165) is 5.56 Å². The van der Waals surface area contributed by atoms with Gasteiger partial charge in [0.2, 0.25) is 5.91 Å². The van der Waals surface area contributed by atoms with E-state index in [-0.39, 0.29) is 11.9 Å². The van der Waals surface area contributed by atoms with Crippen LogP contribution in [0.4, 0.5) is 0 Å². The maximum atomic E-state index is 11.6. The second-order valence-corrected chi connectivity index (χ2v) is 5.76. The number of thioether (sulfide) groups is 1. The van der Waals surface area contributed by atoms with E-state index in [9.17, 15) is 4.79 Å². The van der Waals surface area contributed by atoms with E-state index in [1.165, 1.54) is 0 Å². The molecule has 5 heteroatoms. The van der Waals surface area contributed by atoms with Crippen molar-refractivity contribution in [3.8, 4) is 0 Å². The number of rotatable bonds is 7. The molecule has 0 aliphatic rings. The summed E-state index contributed by atoms with van der Waals surface area (Å²) in [6, 6.07) is 9.15. The standard InChI is InChI=1S/C13H20N2O2S/c1-10(7-8-16)18-9-13(15,12(14)17)11-5-3-2-4-6-11/h2-6,10,16H,7-9,15H2,1H3,(H2,14,17). The van der Waals surface area contributed by atoms with E-state index < -0.39 is 11.4 Å². The fourth-order valence-electron chi connectivity index (χ4n) is 1.57. The predicted octanol–water partition coefficient (Wildman–Crippen LogP) is 0.830. The molecule has 0 saturated carbocycles. The number of hydrogen-bond donors (Lipinski definition) is 3. The van der Waals surface area contributed by atoms with Crippen LogP contribution in [0.5, 0.6) is 0 Å². The first-order chi connectivity index (χ1) is 8.50. The molecule has 18 heavy (non-hydrogen) atoms. The maximum absolute atomic E-state index is 11.6. The Morgan fingerprint density at radius 3 is 2.56 bits per heavy atom. The summed E-state index contributed by atoms with van der Waals surface area (Å²) in [5, 5.41) is 9.09. The van der Waals surface area contributed by atoms with E-state index >= 15 is 0 Å². The van der Waals surface area contributed by atoms with Crippen molar-refractivity contribution < 1.29 is 9.90 Å². The molecule has 0 aromatic heterocycles. The number of benzene rings is 1. The molecule has 0 radical (unpaired) electrons. The summed E-state index contributed by atoms with van der Waals surface area (Å²) in [6.07, 6.45) is 0.675. The van der Waals surface area contributed by atoms with Gasteiger partial charge in [-0.25, -0.2) is 0 Å². The average Bonchev–Trinajstić information content (AvgIpc) is 2.37. The van der Waals surface area contributed by atoms with Crippen LogP contribution in [0.1, 0.15) is 18.9 Å². The first-order valence-corrected chi connectivity index (χ1v) is 6.92. The molecule has 4 nitrogen and oxygen atoms in total. The van der Waals surface area contributed by atoms with Crippen molar-refractivity contribution in [2.75, 3.05) is 12.4 Å². The Balaban J connectivity index is 2.79. The summed E-state index contributed by atoms with van der Waals surface area (Å²) in [6.45, 7) is 2.13.